The summed E-state index contributed by atoms with van der Waals surface area (Å²) in [6.45, 7) is 2.66. The number of nitrogens with two attached hydrogens (primary N) is 1. The van der Waals surface area contributed by atoms with Gasteiger partial charge in [0.05, 0.1) is 13.0 Å². The van der Waals surface area contributed by atoms with Crippen LogP contribution in [-0.4, -0.2) is 20.1 Å². The Morgan fingerprint density at radius 1 is 1.53 bits per heavy atom. The maximum absolute atomic E-state index is 11.7. The van der Waals surface area contributed by atoms with Crippen LogP contribution < -0.4 is 11.1 Å². The van der Waals surface area contributed by atoms with Crippen LogP contribution in [0.4, 0.5) is 5.69 Å². The Labute approximate surface area is 102 Å². The summed E-state index contributed by atoms with van der Waals surface area (Å²) < 4.78 is 4.83. The van der Waals surface area contributed by atoms with E-state index in [2.05, 4.69) is 5.32 Å². The van der Waals surface area contributed by atoms with Gasteiger partial charge in [-0.1, -0.05) is 13.0 Å². The van der Waals surface area contributed by atoms with Crippen molar-refractivity contribution in [2.75, 3.05) is 19.9 Å². The zero-order chi connectivity index (χ0) is 12.8. The number of anilines is 1. The molecule has 0 fully saturated rings. The van der Waals surface area contributed by atoms with Gasteiger partial charge >= 0.3 is 5.97 Å². The van der Waals surface area contributed by atoms with Crippen molar-refractivity contribution in [3.8, 4) is 0 Å². The fourth-order valence-electron chi connectivity index (χ4n) is 1.96. The van der Waals surface area contributed by atoms with Crippen LogP contribution in [0.2, 0.25) is 0 Å². The number of rotatable bonds is 5. The number of methoxy groups -OCH3 is 1. The number of carbonyl (C=O) groups excluding carboxylic acids is 1. The molecule has 17 heavy (non-hydrogen) atoms. The summed E-state index contributed by atoms with van der Waals surface area (Å²) in [5.74, 6) is -0.418. The largest absolute Gasteiger partial charge is 0.469 e. The highest BCUT2D eigenvalue weighted by atomic mass is 16.5. The summed E-state index contributed by atoms with van der Waals surface area (Å²) in [5.41, 5.74) is 8.51. The van der Waals surface area contributed by atoms with Gasteiger partial charge in [-0.2, -0.15) is 0 Å². The molecule has 94 valence electrons. The summed E-state index contributed by atoms with van der Waals surface area (Å²) in [5, 5.41) is 3.08. The second kappa shape index (κ2) is 6.25. The minimum Gasteiger partial charge on any atom is -0.469 e. The summed E-state index contributed by atoms with van der Waals surface area (Å²) in [6, 6.07) is 5.63. The van der Waals surface area contributed by atoms with Crippen LogP contribution in [0, 0.1) is 0 Å². The van der Waals surface area contributed by atoms with Crippen molar-refractivity contribution >= 4 is 11.7 Å². The fourth-order valence-corrected chi connectivity index (χ4v) is 1.96. The van der Waals surface area contributed by atoms with Gasteiger partial charge in [-0.3, -0.25) is 4.79 Å². The lowest BCUT2D eigenvalue weighted by Gasteiger charge is -2.17. The molecule has 1 unspecified atom stereocenters. The van der Waals surface area contributed by atoms with Gasteiger partial charge in [-0.15, -0.1) is 0 Å². The average Bonchev–Trinajstić information content (AvgIpc) is 2.32. The van der Waals surface area contributed by atoms with Crippen LogP contribution in [-0.2, 0) is 16.1 Å². The van der Waals surface area contributed by atoms with Gasteiger partial charge < -0.3 is 15.8 Å². The van der Waals surface area contributed by atoms with Crippen LogP contribution in [0.3, 0.4) is 0 Å². The Balaban J connectivity index is 3.13. The second-order valence-corrected chi connectivity index (χ2v) is 3.97. The third kappa shape index (κ3) is 3.20. The van der Waals surface area contributed by atoms with Gasteiger partial charge in [-0.25, -0.2) is 0 Å². The lowest BCUT2D eigenvalue weighted by Crippen LogP contribution is -2.17. The Morgan fingerprint density at radius 2 is 2.24 bits per heavy atom. The van der Waals surface area contributed by atoms with Gasteiger partial charge in [0.25, 0.3) is 0 Å². The van der Waals surface area contributed by atoms with E-state index in [1.807, 2.05) is 32.2 Å². The van der Waals surface area contributed by atoms with Crippen molar-refractivity contribution in [2.24, 2.45) is 0 Å². The number of esters is 1. The molecule has 0 saturated carbocycles. The molecule has 4 heteroatoms. The van der Waals surface area contributed by atoms with Crippen molar-refractivity contribution in [1.29, 1.82) is 0 Å². The van der Waals surface area contributed by atoms with E-state index in [9.17, 15) is 4.79 Å². The summed E-state index contributed by atoms with van der Waals surface area (Å²) in [4.78, 5) is 11.7. The number of nitrogens with one attached hydrogen (secondary N) is 1. The number of carbonyl (C=O) groups is 1. The van der Waals surface area contributed by atoms with Crippen LogP contribution in [0.25, 0.3) is 0 Å². The van der Waals surface area contributed by atoms with Crippen molar-refractivity contribution < 1.29 is 9.53 Å². The normalized spacial score (nSPS) is 12.2. The van der Waals surface area contributed by atoms with Crippen LogP contribution in [0.5, 0.6) is 0 Å². The van der Waals surface area contributed by atoms with E-state index in [1.165, 1.54) is 7.11 Å². The zero-order valence-corrected chi connectivity index (χ0v) is 10.6. The summed E-state index contributed by atoms with van der Waals surface area (Å²) in [6.07, 6.45) is 0.716. The molecule has 0 aliphatic rings. The lowest BCUT2D eigenvalue weighted by atomic mass is 9.91. The smallest absolute Gasteiger partial charge is 0.313 e. The SMILES string of the molecule is CCC(C(=O)OC)c1ccc(N)cc1CNC. The van der Waals surface area contributed by atoms with E-state index >= 15 is 0 Å². The Kier molecular flexibility index (Phi) is 4.97. The van der Waals surface area contributed by atoms with E-state index in [0.29, 0.717) is 18.7 Å². The molecule has 1 atom stereocenters. The maximum atomic E-state index is 11.7. The molecule has 0 aliphatic carbocycles. The number of nitrogen functional groups attached to an aromatic ring is 1. The first-order chi connectivity index (χ1) is 8.13. The lowest BCUT2D eigenvalue weighted by molar-refractivity contribution is -0.142. The summed E-state index contributed by atoms with van der Waals surface area (Å²) in [7, 11) is 3.28. The molecule has 1 rings (SSSR count). The molecule has 0 radical (unpaired) electrons. The molecule has 1 aromatic rings. The maximum Gasteiger partial charge on any atom is 0.313 e. The molecule has 0 amide bonds. The number of ether oxygens (including phenoxy) is 1. The molecule has 0 aliphatic heterocycles. The monoisotopic (exact) mass is 236 g/mol. The van der Waals surface area contributed by atoms with Crippen molar-refractivity contribution in [1.82, 2.24) is 5.32 Å². The number of benzene rings is 1. The minimum absolute atomic E-state index is 0.199. The number of hydrogen-bond acceptors (Lipinski definition) is 4. The first-order valence-corrected chi connectivity index (χ1v) is 5.74. The topological polar surface area (TPSA) is 64.3 Å². The van der Waals surface area contributed by atoms with Crippen LogP contribution >= 0.6 is 0 Å². The quantitative estimate of drug-likeness (QED) is 0.603. The van der Waals surface area contributed by atoms with Gasteiger partial charge in [0, 0.05) is 12.2 Å². The third-order valence-electron chi connectivity index (χ3n) is 2.80. The highest BCUT2D eigenvalue weighted by Crippen LogP contribution is 2.26. The Morgan fingerprint density at radius 3 is 2.76 bits per heavy atom. The summed E-state index contributed by atoms with van der Waals surface area (Å²) >= 11 is 0. The zero-order valence-electron chi connectivity index (χ0n) is 10.6. The molecular formula is C13H20N2O2. The fraction of sp³-hybridized carbons (Fsp3) is 0.462. The molecule has 0 spiro atoms. The molecule has 3 N–H and O–H groups in total. The standard InChI is InChI=1S/C13H20N2O2/c1-4-11(13(16)17-3)12-6-5-10(14)7-9(12)8-15-2/h5-7,11,15H,4,8,14H2,1-3H3. The van der Waals surface area contributed by atoms with E-state index in [-0.39, 0.29) is 11.9 Å². The third-order valence-corrected chi connectivity index (χ3v) is 2.80. The Bertz CT molecular complexity index is 391. The molecule has 4 nitrogen and oxygen atoms in total. The van der Waals surface area contributed by atoms with Crippen molar-refractivity contribution in [2.45, 2.75) is 25.8 Å². The van der Waals surface area contributed by atoms with Crippen LogP contribution in [0.15, 0.2) is 18.2 Å². The molecular weight excluding hydrogens is 216 g/mol. The highest BCUT2D eigenvalue weighted by Gasteiger charge is 2.21. The van der Waals surface area contributed by atoms with Gasteiger partial charge in [0.1, 0.15) is 0 Å². The van der Waals surface area contributed by atoms with Gasteiger partial charge in [-0.05, 0) is 36.7 Å². The minimum atomic E-state index is -0.219. The van der Waals surface area contributed by atoms with E-state index in [1.54, 1.807) is 0 Å². The van der Waals surface area contributed by atoms with Crippen LogP contribution in [0.1, 0.15) is 30.4 Å². The molecule has 0 bridgehead atoms. The van der Waals surface area contributed by atoms with Crippen molar-refractivity contribution in [3.63, 3.8) is 0 Å². The van der Waals surface area contributed by atoms with Gasteiger partial charge in [0.15, 0.2) is 0 Å². The van der Waals surface area contributed by atoms with Crippen molar-refractivity contribution in [3.05, 3.63) is 29.3 Å². The average molecular weight is 236 g/mol. The first-order valence-electron chi connectivity index (χ1n) is 5.74. The second-order valence-electron chi connectivity index (χ2n) is 3.97. The highest BCUT2D eigenvalue weighted by molar-refractivity contribution is 5.78. The predicted molar refractivity (Wildman–Crippen MR) is 68.7 cm³/mol. The van der Waals surface area contributed by atoms with E-state index in [4.69, 9.17) is 10.5 Å². The predicted octanol–water partition coefficient (Wildman–Crippen LogP) is 1.65. The first kappa shape index (κ1) is 13.5. The molecule has 1 aromatic carbocycles. The number of hydrogen-bond donors (Lipinski definition) is 2. The molecule has 0 aromatic heterocycles. The Hall–Kier alpha value is -1.55. The van der Waals surface area contributed by atoms with E-state index in [0.717, 1.165) is 11.1 Å². The molecule has 0 saturated heterocycles. The van der Waals surface area contributed by atoms with Gasteiger partial charge in [0.2, 0.25) is 0 Å². The van der Waals surface area contributed by atoms with E-state index < -0.39 is 0 Å². The molecule has 0 heterocycles.